The molecule has 0 aromatic heterocycles. The van der Waals surface area contributed by atoms with Crippen LogP contribution in [0.2, 0.25) is 5.02 Å². The number of halogens is 2. The third kappa shape index (κ3) is 4.86. The molecule has 3 rings (SSSR count). The summed E-state index contributed by atoms with van der Waals surface area (Å²) in [4.78, 5) is 25.7. The number of nitrogens with one attached hydrogen (secondary N) is 2. The van der Waals surface area contributed by atoms with Gasteiger partial charge in [0.1, 0.15) is 11.6 Å². The molecule has 0 unspecified atom stereocenters. The van der Waals surface area contributed by atoms with E-state index >= 15 is 0 Å². The van der Waals surface area contributed by atoms with E-state index in [1.54, 1.807) is 30.3 Å². The number of rotatable bonds is 5. The highest BCUT2D eigenvalue weighted by atomic mass is 35.5. The molecule has 0 atom stereocenters. The maximum atomic E-state index is 14.3. The molecule has 6 nitrogen and oxygen atoms in total. The number of amides is 2. The number of carbonyl (C=O) groups excluding carboxylic acids is 2. The van der Waals surface area contributed by atoms with Crippen LogP contribution in [-0.4, -0.2) is 18.9 Å². The summed E-state index contributed by atoms with van der Waals surface area (Å²) in [5.74, 6) is 0.280. The molecule has 0 bridgehead atoms. The average molecular weight is 448 g/mol. The molecule has 158 valence electrons. The fourth-order valence-corrected chi connectivity index (χ4v) is 3.06. The Morgan fingerprint density at radius 1 is 1.00 bits per heavy atom. The summed E-state index contributed by atoms with van der Waals surface area (Å²) in [5, 5.41) is 14.2. The number of nitriles is 1. The Kier molecular flexibility index (Phi) is 6.74. The van der Waals surface area contributed by atoms with Gasteiger partial charge in [-0.3, -0.25) is 9.59 Å². The molecule has 3 aromatic carbocycles. The Hall–Kier alpha value is -4.33. The molecular weight excluding hydrogens is 433 g/mol. The van der Waals surface area contributed by atoms with Gasteiger partial charge < -0.3 is 15.4 Å². The van der Waals surface area contributed by atoms with E-state index in [1.807, 2.05) is 0 Å². The number of anilines is 2. The van der Waals surface area contributed by atoms with Crippen LogP contribution in [0.25, 0.3) is 0 Å². The lowest BCUT2D eigenvalue weighted by atomic mass is 10.1. The van der Waals surface area contributed by atoms with Crippen LogP contribution in [0, 0.1) is 29.5 Å². The first kappa shape index (κ1) is 22.4. The van der Waals surface area contributed by atoms with Crippen LogP contribution in [0.15, 0.2) is 54.6 Å². The zero-order valence-electron chi connectivity index (χ0n) is 16.7. The van der Waals surface area contributed by atoms with Gasteiger partial charge in [0.25, 0.3) is 11.8 Å². The predicted molar refractivity (Wildman–Crippen MR) is 119 cm³/mol. The van der Waals surface area contributed by atoms with Gasteiger partial charge in [-0.05, 0) is 48.5 Å². The highest BCUT2D eigenvalue weighted by Gasteiger charge is 2.22. The third-order valence-electron chi connectivity index (χ3n) is 4.42. The number of hydrogen-bond acceptors (Lipinski definition) is 4. The Bertz CT molecular complexity index is 1290. The summed E-state index contributed by atoms with van der Waals surface area (Å²) in [7, 11) is 1.34. The zero-order chi connectivity index (χ0) is 23.3. The molecule has 2 amide bonds. The van der Waals surface area contributed by atoms with Gasteiger partial charge in [-0.1, -0.05) is 17.5 Å². The monoisotopic (exact) mass is 447 g/mol. The fraction of sp³-hybridized carbons (Fsp3) is 0.0417. The van der Waals surface area contributed by atoms with Crippen molar-refractivity contribution in [2.45, 2.75) is 0 Å². The standard InChI is InChI=1S/C24H15ClFN3O3/c1-3-14-4-7-17(8-5-14)28-24(31)19-11-16(25)12-21(32-2)22(19)29-23(30)18-9-6-15(13-27)10-20(18)26/h1,4-12H,2H3,(H,28,31)(H,29,30). The summed E-state index contributed by atoms with van der Waals surface area (Å²) < 4.78 is 19.6. The maximum Gasteiger partial charge on any atom is 0.258 e. The molecule has 0 aliphatic heterocycles. The molecule has 3 aromatic rings. The SMILES string of the molecule is C#Cc1ccc(NC(=O)c2cc(Cl)cc(OC)c2NC(=O)c2ccc(C#N)cc2F)cc1. The molecular formula is C24H15ClFN3O3. The number of benzene rings is 3. The Balaban J connectivity index is 1.96. The summed E-state index contributed by atoms with van der Waals surface area (Å²) >= 11 is 6.11. The van der Waals surface area contributed by atoms with E-state index in [-0.39, 0.29) is 33.1 Å². The number of carbonyl (C=O) groups is 2. The molecule has 0 fully saturated rings. The quantitative estimate of drug-likeness (QED) is 0.547. The Labute approximate surface area is 188 Å². The van der Waals surface area contributed by atoms with Gasteiger partial charge in [0.05, 0.1) is 35.6 Å². The molecule has 8 heteroatoms. The molecule has 0 aliphatic carbocycles. The second-order valence-electron chi connectivity index (χ2n) is 6.47. The van der Waals surface area contributed by atoms with Crippen molar-refractivity contribution in [2.24, 2.45) is 0 Å². The predicted octanol–water partition coefficient (Wildman–Crippen LogP) is 4.85. The van der Waals surface area contributed by atoms with Gasteiger partial charge in [-0.15, -0.1) is 6.42 Å². The first-order valence-corrected chi connectivity index (χ1v) is 9.50. The summed E-state index contributed by atoms with van der Waals surface area (Å²) in [6, 6.07) is 14.5. The minimum absolute atomic E-state index is 0.00206. The van der Waals surface area contributed by atoms with Crippen molar-refractivity contribution in [2.75, 3.05) is 17.7 Å². The second kappa shape index (κ2) is 9.65. The minimum atomic E-state index is -0.880. The maximum absolute atomic E-state index is 14.3. The Morgan fingerprint density at radius 3 is 2.25 bits per heavy atom. The largest absolute Gasteiger partial charge is 0.494 e. The smallest absolute Gasteiger partial charge is 0.258 e. The molecule has 0 radical (unpaired) electrons. The molecule has 32 heavy (non-hydrogen) atoms. The van der Waals surface area contributed by atoms with Crippen molar-refractivity contribution in [3.63, 3.8) is 0 Å². The lowest BCUT2D eigenvalue weighted by molar-refractivity contribution is 0.102. The van der Waals surface area contributed by atoms with E-state index in [9.17, 15) is 14.0 Å². The molecule has 0 spiro atoms. The topological polar surface area (TPSA) is 91.2 Å². The third-order valence-corrected chi connectivity index (χ3v) is 4.64. The van der Waals surface area contributed by atoms with Crippen LogP contribution in [0.5, 0.6) is 5.75 Å². The van der Waals surface area contributed by atoms with Crippen molar-refractivity contribution < 1.29 is 18.7 Å². The van der Waals surface area contributed by atoms with Crippen LogP contribution < -0.4 is 15.4 Å². The van der Waals surface area contributed by atoms with Crippen LogP contribution in [-0.2, 0) is 0 Å². The minimum Gasteiger partial charge on any atom is -0.494 e. The van der Waals surface area contributed by atoms with E-state index in [2.05, 4.69) is 16.6 Å². The van der Waals surface area contributed by atoms with Gasteiger partial charge in [-0.2, -0.15) is 5.26 Å². The number of nitrogens with zero attached hydrogens (tertiary/aromatic N) is 1. The Morgan fingerprint density at radius 2 is 1.66 bits per heavy atom. The van der Waals surface area contributed by atoms with Crippen molar-refractivity contribution in [1.29, 1.82) is 5.26 Å². The number of ether oxygens (including phenoxy) is 1. The fourth-order valence-electron chi connectivity index (χ4n) is 2.85. The summed E-state index contributed by atoms with van der Waals surface area (Å²) in [5.41, 5.74) is 0.866. The van der Waals surface area contributed by atoms with Crippen molar-refractivity contribution >= 4 is 34.8 Å². The van der Waals surface area contributed by atoms with Crippen molar-refractivity contribution in [3.05, 3.63) is 87.7 Å². The first-order valence-electron chi connectivity index (χ1n) is 9.12. The van der Waals surface area contributed by atoms with Gasteiger partial charge in [0.15, 0.2) is 0 Å². The zero-order valence-corrected chi connectivity index (χ0v) is 17.5. The van der Waals surface area contributed by atoms with Gasteiger partial charge in [0.2, 0.25) is 0 Å². The number of hydrogen-bond donors (Lipinski definition) is 2. The average Bonchev–Trinajstić information content (AvgIpc) is 2.79. The van der Waals surface area contributed by atoms with Crippen molar-refractivity contribution in [1.82, 2.24) is 0 Å². The number of methoxy groups -OCH3 is 1. The molecule has 2 N–H and O–H groups in total. The van der Waals surface area contributed by atoms with Gasteiger partial charge >= 0.3 is 0 Å². The lowest BCUT2D eigenvalue weighted by Gasteiger charge is -2.16. The van der Waals surface area contributed by atoms with Crippen LogP contribution in [0.4, 0.5) is 15.8 Å². The van der Waals surface area contributed by atoms with Crippen LogP contribution in [0.1, 0.15) is 31.8 Å². The van der Waals surface area contributed by atoms with E-state index in [1.165, 1.54) is 31.4 Å². The van der Waals surface area contributed by atoms with E-state index in [0.717, 1.165) is 6.07 Å². The van der Waals surface area contributed by atoms with Crippen molar-refractivity contribution in [3.8, 4) is 24.2 Å². The van der Waals surface area contributed by atoms with Crippen LogP contribution >= 0.6 is 11.6 Å². The molecule has 0 heterocycles. The first-order chi connectivity index (χ1) is 15.4. The van der Waals surface area contributed by atoms with E-state index in [0.29, 0.717) is 11.3 Å². The highest BCUT2D eigenvalue weighted by molar-refractivity contribution is 6.31. The van der Waals surface area contributed by atoms with E-state index < -0.39 is 17.6 Å². The summed E-state index contributed by atoms with van der Waals surface area (Å²) in [6.45, 7) is 0. The summed E-state index contributed by atoms with van der Waals surface area (Å²) in [6.07, 6.45) is 5.33. The lowest BCUT2D eigenvalue weighted by Crippen LogP contribution is -2.20. The van der Waals surface area contributed by atoms with Gasteiger partial charge in [0, 0.05) is 22.3 Å². The molecule has 0 saturated heterocycles. The normalized spacial score (nSPS) is 9.91. The highest BCUT2D eigenvalue weighted by Crippen LogP contribution is 2.33. The second-order valence-corrected chi connectivity index (χ2v) is 6.90. The molecule has 0 saturated carbocycles. The van der Waals surface area contributed by atoms with E-state index in [4.69, 9.17) is 28.0 Å². The van der Waals surface area contributed by atoms with Crippen LogP contribution in [0.3, 0.4) is 0 Å². The number of terminal acetylenes is 1. The molecule has 0 aliphatic rings. The van der Waals surface area contributed by atoms with Gasteiger partial charge in [-0.25, -0.2) is 4.39 Å².